The van der Waals surface area contributed by atoms with Crippen molar-refractivity contribution in [2.24, 2.45) is 11.7 Å². The number of piperidine rings is 1. The van der Waals surface area contributed by atoms with Gasteiger partial charge in [-0.1, -0.05) is 6.07 Å². The molecular formula is C17H25ClN4O2. The molecule has 6 nitrogen and oxygen atoms in total. The van der Waals surface area contributed by atoms with Crippen LogP contribution in [0.25, 0.3) is 0 Å². The molecule has 3 rings (SSSR count). The first-order valence-electron chi connectivity index (χ1n) is 8.31. The number of hydrogen-bond donors (Lipinski definition) is 3. The minimum Gasteiger partial charge on any atom is -0.351 e. The Morgan fingerprint density at radius 1 is 1.17 bits per heavy atom. The molecule has 1 aromatic rings. The number of nitrogens with zero attached hydrogens (tertiary/aromatic N) is 1. The smallest absolute Gasteiger partial charge is 0.316 e. The molecule has 3 amide bonds. The largest absolute Gasteiger partial charge is 0.351 e. The Balaban J connectivity index is 0.00000208. The number of halogens is 1. The summed E-state index contributed by atoms with van der Waals surface area (Å²) >= 11 is 0. The molecule has 0 unspecified atom stereocenters. The van der Waals surface area contributed by atoms with Gasteiger partial charge in [-0.15, -0.1) is 12.4 Å². The lowest BCUT2D eigenvalue weighted by Gasteiger charge is -2.32. The monoisotopic (exact) mass is 352 g/mol. The molecule has 1 heterocycles. The SMILES string of the molecule is Cl.NC(=O)Nc1cccc(C(=O)N2CCC(NCC3CC3)CC2)c1. The molecule has 0 aromatic heterocycles. The quantitative estimate of drug-likeness (QED) is 0.759. The van der Waals surface area contributed by atoms with Crippen LogP contribution in [0.2, 0.25) is 0 Å². The fourth-order valence-electron chi connectivity index (χ4n) is 3.00. The number of primary amides is 1. The van der Waals surface area contributed by atoms with E-state index < -0.39 is 6.03 Å². The zero-order valence-corrected chi connectivity index (χ0v) is 14.5. The lowest BCUT2D eigenvalue weighted by atomic mass is 10.0. The lowest BCUT2D eigenvalue weighted by molar-refractivity contribution is 0.0705. The van der Waals surface area contributed by atoms with Gasteiger partial charge in [0.05, 0.1) is 0 Å². The van der Waals surface area contributed by atoms with Crippen molar-refractivity contribution in [3.8, 4) is 0 Å². The molecule has 1 aliphatic carbocycles. The second kappa shape index (κ2) is 8.35. The van der Waals surface area contributed by atoms with Crippen LogP contribution in [-0.2, 0) is 0 Å². The number of carbonyl (C=O) groups is 2. The number of amides is 3. The molecule has 0 spiro atoms. The van der Waals surface area contributed by atoms with Crippen molar-refractivity contribution in [3.05, 3.63) is 29.8 Å². The van der Waals surface area contributed by atoms with Gasteiger partial charge in [-0.2, -0.15) is 0 Å². The summed E-state index contributed by atoms with van der Waals surface area (Å²) in [6.45, 7) is 2.67. The third-order valence-electron chi connectivity index (χ3n) is 4.55. The number of nitrogens with one attached hydrogen (secondary N) is 2. The zero-order valence-electron chi connectivity index (χ0n) is 13.7. The molecule has 1 saturated carbocycles. The summed E-state index contributed by atoms with van der Waals surface area (Å²) in [7, 11) is 0. The number of hydrogen-bond acceptors (Lipinski definition) is 3. The first kappa shape index (κ1) is 18.5. The Labute approximate surface area is 148 Å². The van der Waals surface area contributed by atoms with Crippen LogP contribution < -0.4 is 16.4 Å². The van der Waals surface area contributed by atoms with Gasteiger partial charge in [0.1, 0.15) is 0 Å². The molecule has 24 heavy (non-hydrogen) atoms. The molecule has 1 saturated heterocycles. The van der Waals surface area contributed by atoms with Crippen LogP contribution >= 0.6 is 12.4 Å². The van der Waals surface area contributed by atoms with Crippen LogP contribution in [0.4, 0.5) is 10.5 Å². The van der Waals surface area contributed by atoms with E-state index in [0.29, 0.717) is 17.3 Å². The van der Waals surface area contributed by atoms with Gasteiger partial charge >= 0.3 is 6.03 Å². The van der Waals surface area contributed by atoms with Crippen molar-refractivity contribution in [3.63, 3.8) is 0 Å². The van der Waals surface area contributed by atoms with E-state index in [1.54, 1.807) is 24.3 Å². The fourth-order valence-corrected chi connectivity index (χ4v) is 3.00. The van der Waals surface area contributed by atoms with Gasteiger partial charge in [0.15, 0.2) is 0 Å². The van der Waals surface area contributed by atoms with Crippen molar-refractivity contribution in [1.82, 2.24) is 10.2 Å². The predicted octanol–water partition coefficient (Wildman–Crippen LogP) is 2.20. The van der Waals surface area contributed by atoms with E-state index in [0.717, 1.165) is 38.4 Å². The molecule has 1 aliphatic heterocycles. The molecule has 1 aromatic carbocycles. The van der Waals surface area contributed by atoms with Crippen LogP contribution in [0.15, 0.2) is 24.3 Å². The molecule has 0 radical (unpaired) electrons. The average Bonchev–Trinajstić information content (AvgIpc) is 3.37. The number of urea groups is 1. The van der Waals surface area contributed by atoms with Gasteiger partial charge in [-0.05, 0) is 56.3 Å². The van der Waals surface area contributed by atoms with E-state index >= 15 is 0 Å². The van der Waals surface area contributed by atoms with E-state index in [1.807, 2.05) is 4.90 Å². The molecule has 4 N–H and O–H groups in total. The van der Waals surface area contributed by atoms with E-state index in [4.69, 9.17) is 5.73 Å². The summed E-state index contributed by atoms with van der Waals surface area (Å²) in [6, 6.07) is 6.81. The van der Waals surface area contributed by atoms with Crippen LogP contribution in [-0.4, -0.2) is 42.5 Å². The maximum absolute atomic E-state index is 12.6. The Hall–Kier alpha value is -1.79. The fraction of sp³-hybridized carbons (Fsp3) is 0.529. The molecular weight excluding hydrogens is 328 g/mol. The van der Waals surface area contributed by atoms with Gasteiger partial charge < -0.3 is 21.3 Å². The van der Waals surface area contributed by atoms with Gasteiger partial charge in [0, 0.05) is 30.4 Å². The maximum atomic E-state index is 12.6. The van der Waals surface area contributed by atoms with Crippen molar-refractivity contribution < 1.29 is 9.59 Å². The van der Waals surface area contributed by atoms with Gasteiger partial charge in [0.2, 0.25) is 0 Å². The number of benzene rings is 1. The van der Waals surface area contributed by atoms with E-state index in [9.17, 15) is 9.59 Å². The van der Waals surface area contributed by atoms with Crippen molar-refractivity contribution in [2.45, 2.75) is 31.7 Å². The maximum Gasteiger partial charge on any atom is 0.316 e. The Kier molecular flexibility index (Phi) is 6.45. The van der Waals surface area contributed by atoms with Crippen LogP contribution in [0.1, 0.15) is 36.0 Å². The van der Waals surface area contributed by atoms with E-state index in [-0.39, 0.29) is 18.3 Å². The van der Waals surface area contributed by atoms with Crippen LogP contribution in [0.5, 0.6) is 0 Å². The lowest BCUT2D eigenvalue weighted by Crippen LogP contribution is -2.45. The summed E-state index contributed by atoms with van der Waals surface area (Å²) < 4.78 is 0. The number of likely N-dealkylation sites (tertiary alicyclic amines) is 1. The van der Waals surface area contributed by atoms with Gasteiger partial charge in [-0.25, -0.2) is 4.79 Å². The normalized spacial score (nSPS) is 17.9. The van der Waals surface area contributed by atoms with Gasteiger partial charge in [-0.3, -0.25) is 4.79 Å². The zero-order chi connectivity index (χ0) is 16.2. The second-order valence-corrected chi connectivity index (χ2v) is 6.49. The van der Waals surface area contributed by atoms with E-state index in [1.165, 1.54) is 12.8 Å². The first-order chi connectivity index (χ1) is 11.1. The van der Waals surface area contributed by atoms with Crippen molar-refractivity contribution in [2.75, 3.05) is 25.0 Å². The standard InChI is InChI=1S/C17H24N4O2.ClH/c18-17(23)20-15-3-1-2-13(10-15)16(22)21-8-6-14(7-9-21)19-11-12-4-5-12;/h1-3,10,12,14,19H,4-9,11H2,(H3,18,20,23);1H. The minimum atomic E-state index is -0.628. The summed E-state index contributed by atoms with van der Waals surface area (Å²) in [5.41, 5.74) is 6.24. The third-order valence-corrected chi connectivity index (χ3v) is 4.55. The molecule has 132 valence electrons. The highest BCUT2D eigenvalue weighted by atomic mass is 35.5. The molecule has 0 bridgehead atoms. The Morgan fingerprint density at radius 2 is 1.88 bits per heavy atom. The van der Waals surface area contributed by atoms with Crippen LogP contribution in [0.3, 0.4) is 0 Å². The highest BCUT2D eigenvalue weighted by Crippen LogP contribution is 2.28. The molecule has 7 heteroatoms. The Bertz CT molecular complexity index is 584. The summed E-state index contributed by atoms with van der Waals surface area (Å²) in [5.74, 6) is 0.897. The molecule has 2 fully saturated rings. The van der Waals surface area contributed by atoms with E-state index in [2.05, 4.69) is 10.6 Å². The topological polar surface area (TPSA) is 87.5 Å². The second-order valence-electron chi connectivity index (χ2n) is 6.49. The Morgan fingerprint density at radius 3 is 2.50 bits per heavy atom. The number of anilines is 1. The average molecular weight is 353 g/mol. The highest BCUT2D eigenvalue weighted by molar-refractivity contribution is 5.96. The summed E-state index contributed by atoms with van der Waals surface area (Å²) in [5, 5.41) is 6.12. The summed E-state index contributed by atoms with van der Waals surface area (Å²) in [4.78, 5) is 25.4. The van der Waals surface area contributed by atoms with Crippen LogP contribution in [0, 0.1) is 5.92 Å². The highest BCUT2D eigenvalue weighted by Gasteiger charge is 2.26. The number of nitrogens with two attached hydrogens (primary N) is 1. The molecule has 0 atom stereocenters. The van der Waals surface area contributed by atoms with Crippen molar-refractivity contribution >= 4 is 30.0 Å². The predicted molar refractivity (Wildman–Crippen MR) is 96.5 cm³/mol. The number of carbonyl (C=O) groups excluding carboxylic acids is 2. The third kappa shape index (κ3) is 5.11. The summed E-state index contributed by atoms with van der Waals surface area (Å²) in [6.07, 6.45) is 4.72. The first-order valence-corrected chi connectivity index (χ1v) is 8.31. The number of rotatable bonds is 5. The van der Waals surface area contributed by atoms with Gasteiger partial charge in [0.25, 0.3) is 5.91 Å². The minimum absolute atomic E-state index is 0. The van der Waals surface area contributed by atoms with Crippen molar-refractivity contribution in [1.29, 1.82) is 0 Å². The molecule has 2 aliphatic rings.